The first-order valence-electron chi connectivity index (χ1n) is 8.28. The van der Waals surface area contributed by atoms with E-state index < -0.39 is 23.2 Å². The van der Waals surface area contributed by atoms with Crippen molar-refractivity contribution >= 4 is 17.4 Å². The van der Waals surface area contributed by atoms with Crippen molar-refractivity contribution in [2.24, 2.45) is 5.10 Å². The zero-order chi connectivity index (χ0) is 20.1. The largest absolute Gasteiger partial charge is 0.493 e. The number of nitrogens with one attached hydrogen (secondary N) is 3. The van der Waals surface area contributed by atoms with Crippen LogP contribution < -0.4 is 22.0 Å². The molecule has 28 heavy (non-hydrogen) atoms. The predicted octanol–water partition coefficient (Wildman–Crippen LogP) is 1.78. The first kappa shape index (κ1) is 18.6. The molecule has 0 saturated carbocycles. The van der Waals surface area contributed by atoms with Crippen molar-refractivity contribution in [3.63, 3.8) is 0 Å². The molecule has 4 N–H and O–H groups in total. The maximum atomic E-state index is 12.2. The summed E-state index contributed by atoms with van der Waals surface area (Å²) in [5.41, 5.74) is 1.35. The maximum absolute atomic E-state index is 12.2. The van der Waals surface area contributed by atoms with Gasteiger partial charge in [-0.25, -0.2) is 19.6 Å². The third-order valence-corrected chi connectivity index (χ3v) is 3.82. The van der Waals surface area contributed by atoms with Gasteiger partial charge < -0.3 is 10.4 Å². The van der Waals surface area contributed by atoms with Gasteiger partial charge in [0.15, 0.2) is 0 Å². The van der Waals surface area contributed by atoms with Crippen molar-refractivity contribution in [1.29, 1.82) is 0 Å². The van der Waals surface area contributed by atoms with Crippen LogP contribution in [0.4, 0.5) is 10.5 Å². The molecule has 142 valence electrons. The molecule has 0 spiro atoms. The van der Waals surface area contributed by atoms with E-state index in [1.807, 2.05) is 6.07 Å². The number of amides is 2. The van der Waals surface area contributed by atoms with Crippen LogP contribution in [0.25, 0.3) is 5.69 Å². The number of aromatic nitrogens is 2. The Morgan fingerprint density at radius 3 is 2.29 bits per heavy atom. The van der Waals surface area contributed by atoms with E-state index in [1.54, 1.807) is 54.6 Å². The SMILES string of the molecule is C/C(=N\NC(=O)Nc1ccccc1)c1c(O)n(-c2ccccc2)c(=O)[nH]c1=O. The summed E-state index contributed by atoms with van der Waals surface area (Å²) in [7, 11) is 0. The van der Waals surface area contributed by atoms with Gasteiger partial charge in [-0.05, 0) is 31.2 Å². The lowest BCUT2D eigenvalue weighted by molar-refractivity contribution is 0.252. The van der Waals surface area contributed by atoms with Gasteiger partial charge in [-0.3, -0.25) is 9.78 Å². The Bertz CT molecular complexity index is 1130. The fourth-order valence-electron chi connectivity index (χ4n) is 2.54. The number of aromatic hydroxyl groups is 1. The summed E-state index contributed by atoms with van der Waals surface area (Å²) in [6.45, 7) is 1.42. The number of hydrogen-bond donors (Lipinski definition) is 4. The second-order valence-corrected chi connectivity index (χ2v) is 5.76. The fourth-order valence-corrected chi connectivity index (χ4v) is 2.54. The zero-order valence-corrected chi connectivity index (χ0v) is 14.8. The molecule has 0 aliphatic carbocycles. The summed E-state index contributed by atoms with van der Waals surface area (Å²) in [6.07, 6.45) is 0. The highest BCUT2D eigenvalue weighted by atomic mass is 16.3. The lowest BCUT2D eigenvalue weighted by atomic mass is 10.2. The van der Waals surface area contributed by atoms with E-state index in [0.29, 0.717) is 11.4 Å². The van der Waals surface area contributed by atoms with Crippen LogP contribution in [-0.4, -0.2) is 26.4 Å². The van der Waals surface area contributed by atoms with Gasteiger partial charge in [-0.2, -0.15) is 5.10 Å². The van der Waals surface area contributed by atoms with E-state index in [1.165, 1.54) is 6.92 Å². The van der Waals surface area contributed by atoms with Gasteiger partial charge in [0.05, 0.1) is 11.4 Å². The Balaban J connectivity index is 1.90. The number of aromatic amines is 1. The van der Waals surface area contributed by atoms with Crippen LogP contribution in [0, 0.1) is 0 Å². The van der Waals surface area contributed by atoms with Crippen molar-refractivity contribution in [3.8, 4) is 11.6 Å². The third kappa shape index (κ3) is 3.98. The Morgan fingerprint density at radius 1 is 1.04 bits per heavy atom. The number of benzene rings is 2. The van der Waals surface area contributed by atoms with Crippen LogP contribution in [0.15, 0.2) is 75.4 Å². The minimum atomic E-state index is -0.818. The lowest BCUT2D eigenvalue weighted by Gasteiger charge is -2.11. The van der Waals surface area contributed by atoms with Gasteiger partial charge >= 0.3 is 11.7 Å². The van der Waals surface area contributed by atoms with Gasteiger partial charge in [0.25, 0.3) is 5.56 Å². The predicted molar refractivity (Wildman–Crippen MR) is 105 cm³/mol. The number of H-pyrrole nitrogens is 1. The van der Waals surface area contributed by atoms with Gasteiger partial charge in [0.2, 0.25) is 5.88 Å². The molecule has 0 unspecified atom stereocenters. The third-order valence-electron chi connectivity index (χ3n) is 3.82. The summed E-state index contributed by atoms with van der Waals surface area (Å²) in [6, 6.07) is 16.4. The summed E-state index contributed by atoms with van der Waals surface area (Å²) in [4.78, 5) is 38.4. The van der Waals surface area contributed by atoms with Crippen LogP contribution in [0.2, 0.25) is 0 Å². The highest BCUT2D eigenvalue weighted by Crippen LogP contribution is 2.16. The Labute approximate surface area is 159 Å². The molecule has 0 saturated heterocycles. The number of para-hydroxylation sites is 2. The molecular formula is C19H17N5O4. The Kier molecular flexibility index (Phi) is 5.35. The van der Waals surface area contributed by atoms with Crippen molar-refractivity contribution in [2.45, 2.75) is 6.92 Å². The van der Waals surface area contributed by atoms with E-state index in [2.05, 4.69) is 20.8 Å². The smallest absolute Gasteiger partial charge is 0.339 e. The molecule has 3 aromatic rings. The van der Waals surface area contributed by atoms with Gasteiger partial charge in [0.1, 0.15) is 5.56 Å². The van der Waals surface area contributed by atoms with E-state index in [4.69, 9.17) is 0 Å². The second-order valence-electron chi connectivity index (χ2n) is 5.76. The number of rotatable bonds is 4. The van der Waals surface area contributed by atoms with E-state index >= 15 is 0 Å². The van der Waals surface area contributed by atoms with Crippen molar-refractivity contribution in [3.05, 3.63) is 87.1 Å². The topological polar surface area (TPSA) is 129 Å². The van der Waals surface area contributed by atoms with Crippen LogP contribution in [0.1, 0.15) is 12.5 Å². The second kappa shape index (κ2) is 8.04. The summed E-state index contributed by atoms with van der Waals surface area (Å²) in [5, 5.41) is 16.9. The molecule has 0 aliphatic rings. The first-order valence-corrected chi connectivity index (χ1v) is 8.28. The average molecular weight is 379 g/mol. The number of urea groups is 1. The molecule has 1 aromatic heterocycles. The molecule has 9 nitrogen and oxygen atoms in total. The number of carbonyl (C=O) groups is 1. The number of anilines is 1. The van der Waals surface area contributed by atoms with Gasteiger partial charge in [-0.15, -0.1) is 0 Å². The van der Waals surface area contributed by atoms with Crippen LogP contribution >= 0.6 is 0 Å². The molecule has 0 radical (unpaired) electrons. The molecule has 1 heterocycles. The lowest BCUT2D eigenvalue weighted by Crippen LogP contribution is -2.33. The average Bonchev–Trinajstić information content (AvgIpc) is 2.67. The Morgan fingerprint density at radius 2 is 1.64 bits per heavy atom. The molecule has 2 amide bonds. The van der Waals surface area contributed by atoms with E-state index in [9.17, 15) is 19.5 Å². The first-order chi connectivity index (χ1) is 13.5. The van der Waals surface area contributed by atoms with Crippen molar-refractivity contribution in [2.75, 3.05) is 5.32 Å². The molecule has 0 bridgehead atoms. The molecule has 0 fully saturated rings. The number of nitrogens with zero attached hydrogens (tertiary/aromatic N) is 2. The monoisotopic (exact) mass is 379 g/mol. The highest BCUT2D eigenvalue weighted by Gasteiger charge is 2.18. The summed E-state index contributed by atoms with van der Waals surface area (Å²) in [5.74, 6) is -0.577. The van der Waals surface area contributed by atoms with Crippen molar-refractivity contribution < 1.29 is 9.90 Å². The zero-order valence-electron chi connectivity index (χ0n) is 14.8. The van der Waals surface area contributed by atoms with Crippen LogP contribution in [-0.2, 0) is 0 Å². The Hall–Kier alpha value is -4.14. The van der Waals surface area contributed by atoms with Crippen LogP contribution in [0.5, 0.6) is 5.88 Å². The van der Waals surface area contributed by atoms with E-state index in [-0.39, 0.29) is 11.3 Å². The minimum absolute atomic E-state index is 0.0200. The quantitative estimate of drug-likeness (QED) is 0.407. The molecule has 0 atom stereocenters. The fraction of sp³-hybridized carbons (Fsp3) is 0.0526. The number of hydrogen-bond acceptors (Lipinski definition) is 5. The van der Waals surface area contributed by atoms with Gasteiger partial charge in [0, 0.05) is 5.69 Å². The standard InChI is InChI=1S/C19H17N5O4/c1-12(22-23-18(27)20-13-8-4-2-5-9-13)15-16(25)21-19(28)24(17(15)26)14-10-6-3-7-11-14/h2-11,26H,1H3,(H2,20,23,27)(H,21,25,28)/b22-12+. The molecule has 3 rings (SSSR count). The maximum Gasteiger partial charge on any atom is 0.339 e. The summed E-state index contributed by atoms with van der Waals surface area (Å²) < 4.78 is 0.944. The normalized spacial score (nSPS) is 11.1. The highest BCUT2D eigenvalue weighted by molar-refractivity contribution is 6.01. The van der Waals surface area contributed by atoms with E-state index in [0.717, 1.165) is 4.57 Å². The van der Waals surface area contributed by atoms with Crippen molar-refractivity contribution in [1.82, 2.24) is 15.0 Å². The molecule has 2 aromatic carbocycles. The minimum Gasteiger partial charge on any atom is -0.493 e. The molecular weight excluding hydrogens is 362 g/mol. The summed E-state index contributed by atoms with van der Waals surface area (Å²) >= 11 is 0. The number of hydrazone groups is 1. The molecule has 0 aliphatic heterocycles. The van der Waals surface area contributed by atoms with Crippen LogP contribution in [0.3, 0.4) is 0 Å². The number of carbonyl (C=O) groups excluding carboxylic acids is 1. The molecule has 9 heteroatoms. The van der Waals surface area contributed by atoms with Gasteiger partial charge in [-0.1, -0.05) is 36.4 Å².